The molecular weight excluding hydrogens is 380 g/mol. The number of methoxy groups -OCH3 is 1. The molecule has 0 radical (unpaired) electrons. The third-order valence-electron chi connectivity index (χ3n) is 3.85. The molecule has 0 atom stereocenters. The van der Waals surface area contributed by atoms with Crippen LogP contribution in [-0.2, 0) is 0 Å². The summed E-state index contributed by atoms with van der Waals surface area (Å²) in [6, 6.07) is 15.1. The fourth-order valence-corrected chi connectivity index (χ4v) is 2.68. The van der Waals surface area contributed by atoms with Crippen molar-refractivity contribution in [2.24, 2.45) is 0 Å². The second-order valence-corrected chi connectivity index (χ2v) is 6.28. The SMILES string of the molecule is COc1ccc(NC(=O)c2ccc(Nc3cccc(C(C)=O)c3)nn2)cc1Cl. The Balaban J connectivity index is 1.68. The maximum Gasteiger partial charge on any atom is 0.276 e. The average Bonchev–Trinajstić information content (AvgIpc) is 2.69. The first-order valence-electron chi connectivity index (χ1n) is 8.33. The van der Waals surface area contributed by atoms with E-state index in [1.165, 1.54) is 14.0 Å². The Hall–Kier alpha value is -3.45. The molecule has 1 heterocycles. The van der Waals surface area contributed by atoms with Gasteiger partial charge in [-0.3, -0.25) is 9.59 Å². The van der Waals surface area contributed by atoms with Crippen LogP contribution in [0.2, 0.25) is 5.02 Å². The first-order valence-corrected chi connectivity index (χ1v) is 8.70. The number of ketones is 1. The molecule has 0 saturated heterocycles. The van der Waals surface area contributed by atoms with Gasteiger partial charge in [-0.1, -0.05) is 23.7 Å². The summed E-state index contributed by atoms with van der Waals surface area (Å²) in [4.78, 5) is 23.8. The molecule has 0 aliphatic heterocycles. The maximum absolute atomic E-state index is 12.3. The molecule has 8 heteroatoms. The van der Waals surface area contributed by atoms with E-state index in [1.807, 2.05) is 6.07 Å². The minimum Gasteiger partial charge on any atom is -0.495 e. The van der Waals surface area contributed by atoms with Crippen molar-refractivity contribution in [2.75, 3.05) is 17.7 Å². The Morgan fingerprint density at radius 2 is 1.82 bits per heavy atom. The second kappa shape index (κ2) is 8.49. The molecule has 0 spiro atoms. The molecule has 0 bridgehead atoms. The maximum atomic E-state index is 12.3. The van der Waals surface area contributed by atoms with Gasteiger partial charge in [0.1, 0.15) is 5.75 Å². The largest absolute Gasteiger partial charge is 0.495 e. The highest BCUT2D eigenvalue weighted by Crippen LogP contribution is 2.27. The molecule has 0 aliphatic rings. The minimum atomic E-state index is -0.418. The van der Waals surface area contributed by atoms with Crippen LogP contribution in [0, 0.1) is 0 Å². The van der Waals surface area contributed by atoms with Gasteiger partial charge in [0, 0.05) is 16.9 Å². The summed E-state index contributed by atoms with van der Waals surface area (Å²) >= 11 is 6.05. The van der Waals surface area contributed by atoms with Crippen LogP contribution in [-0.4, -0.2) is 29.0 Å². The van der Waals surface area contributed by atoms with Gasteiger partial charge in [-0.05, 0) is 49.4 Å². The Kier molecular flexibility index (Phi) is 5.86. The lowest BCUT2D eigenvalue weighted by Crippen LogP contribution is -2.14. The van der Waals surface area contributed by atoms with Crippen LogP contribution in [0.4, 0.5) is 17.2 Å². The molecule has 0 saturated carbocycles. The summed E-state index contributed by atoms with van der Waals surface area (Å²) < 4.78 is 5.08. The average molecular weight is 397 g/mol. The molecule has 3 aromatic rings. The van der Waals surface area contributed by atoms with Crippen LogP contribution < -0.4 is 15.4 Å². The highest BCUT2D eigenvalue weighted by atomic mass is 35.5. The fraction of sp³-hybridized carbons (Fsp3) is 0.100. The Morgan fingerprint density at radius 3 is 2.46 bits per heavy atom. The quantitative estimate of drug-likeness (QED) is 0.602. The van der Waals surface area contributed by atoms with Gasteiger partial charge in [0.25, 0.3) is 5.91 Å². The number of carbonyl (C=O) groups excluding carboxylic acids is 2. The number of hydrogen-bond donors (Lipinski definition) is 2. The van der Waals surface area contributed by atoms with Gasteiger partial charge < -0.3 is 15.4 Å². The molecule has 2 N–H and O–H groups in total. The van der Waals surface area contributed by atoms with E-state index in [4.69, 9.17) is 16.3 Å². The van der Waals surface area contributed by atoms with Gasteiger partial charge in [-0.2, -0.15) is 0 Å². The zero-order chi connectivity index (χ0) is 20.1. The lowest BCUT2D eigenvalue weighted by Gasteiger charge is -2.08. The van der Waals surface area contributed by atoms with Gasteiger partial charge in [-0.15, -0.1) is 10.2 Å². The lowest BCUT2D eigenvalue weighted by atomic mass is 10.1. The van der Waals surface area contributed by atoms with Gasteiger partial charge in [0.05, 0.1) is 12.1 Å². The van der Waals surface area contributed by atoms with E-state index >= 15 is 0 Å². The molecular formula is C20H17ClN4O3. The molecule has 7 nitrogen and oxygen atoms in total. The first kappa shape index (κ1) is 19.3. The van der Waals surface area contributed by atoms with Crippen molar-refractivity contribution in [2.45, 2.75) is 6.92 Å². The normalized spacial score (nSPS) is 10.2. The van der Waals surface area contributed by atoms with Crippen molar-refractivity contribution < 1.29 is 14.3 Å². The highest BCUT2D eigenvalue weighted by molar-refractivity contribution is 6.32. The number of benzene rings is 2. The molecule has 2 aromatic carbocycles. The molecule has 28 heavy (non-hydrogen) atoms. The Morgan fingerprint density at radius 1 is 1.00 bits per heavy atom. The van der Waals surface area contributed by atoms with Crippen LogP contribution in [0.5, 0.6) is 5.75 Å². The van der Waals surface area contributed by atoms with E-state index in [0.29, 0.717) is 33.5 Å². The molecule has 0 fully saturated rings. The number of rotatable bonds is 6. The molecule has 3 rings (SSSR count). The highest BCUT2D eigenvalue weighted by Gasteiger charge is 2.11. The van der Waals surface area contributed by atoms with Gasteiger partial charge >= 0.3 is 0 Å². The zero-order valence-corrected chi connectivity index (χ0v) is 15.9. The Labute approximate surface area is 166 Å². The number of hydrogen-bond acceptors (Lipinski definition) is 6. The summed E-state index contributed by atoms with van der Waals surface area (Å²) in [6.07, 6.45) is 0. The third kappa shape index (κ3) is 4.63. The summed E-state index contributed by atoms with van der Waals surface area (Å²) in [5, 5.41) is 14.1. The summed E-state index contributed by atoms with van der Waals surface area (Å²) in [6.45, 7) is 1.50. The zero-order valence-electron chi connectivity index (χ0n) is 15.2. The van der Waals surface area contributed by atoms with Crippen molar-refractivity contribution >= 4 is 40.5 Å². The predicted octanol–water partition coefficient (Wildman–Crippen LogP) is 4.34. The van der Waals surface area contributed by atoms with E-state index in [9.17, 15) is 9.59 Å². The van der Waals surface area contributed by atoms with E-state index < -0.39 is 5.91 Å². The molecule has 1 amide bonds. The van der Waals surface area contributed by atoms with Crippen LogP contribution >= 0.6 is 11.6 Å². The number of halogens is 1. The summed E-state index contributed by atoms with van der Waals surface area (Å²) in [5.41, 5.74) is 1.95. The van der Waals surface area contributed by atoms with Crippen LogP contribution in [0.25, 0.3) is 0 Å². The van der Waals surface area contributed by atoms with Crippen molar-refractivity contribution in [3.63, 3.8) is 0 Å². The monoisotopic (exact) mass is 396 g/mol. The van der Waals surface area contributed by atoms with Crippen LogP contribution in [0.1, 0.15) is 27.8 Å². The number of amides is 1. The van der Waals surface area contributed by atoms with E-state index in [1.54, 1.807) is 48.5 Å². The minimum absolute atomic E-state index is 0.0274. The number of nitrogens with one attached hydrogen (secondary N) is 2. The fourth-order valence-electron chi connectivity index (χ4n) is 2.42. The van der Waals surface area contributed by atoms with Gasteiger partial charge in [-0.25, -0.2) is 0 Å². The van der Waals surface area contributed by atoms with Crippen LogP contribution in [0.3, 0.4) is 0 Å². The second-order valence-electron chi connectivity index (χ2n) is 5.87. The van der Waals surface area contributed by atoms with Crippen molar-refractivity contribution in [3.8, 4) is 5.75 Å². The van der Waals surface area contributed by atoms with Crippen molar-refractivity contribution in [1.29, 1.82) is 0 Å². The van der Waals surface area contributed by atoms with E-state index in [0.717, 1.165) is 0 Å². The topological polar surface area (TPSA) is 93.2 Å². The summed E-state index contributed by atoms with van der Waals surface area (Å²) in [5.74, 6) is 0.521. The lowest BCUT2D eigenvalue weighted by molar-refractivity contribution is 0.101. The number of anilines is 3. The standard InChI is InChI=1S/C20H17ClN4O3/c1-12(26)13-4-3-5-14(10-13)22-19-9-7-17(24-25-19)20(27)23-15-6-8-18(28-2)16(21)11-15/h3-11H,1-2H3,(H,22,25)(H,23,27). The molecule has 1 aromatic heterocycles. The molecule has 0 aliphatic carbocycles. The number of nitrogens with zero attached hydrogens (tertiary/aromatic N) is 2. The van der Waals surface area contributed by atoms with Gasteiger partial charge in [0.15, 0.2) is 17.3 Å². The summed E-state index contributed by atoms with van der Waals surface area (Å²) in [7, 11) is 1.51. The molecule has 142 valence electrons. The van der Waals surface area contributed by atoms with Crippen molar-refractivity contribution in [1.82, 2.24) is 10.2 Å². The number of aromatic nitrogens is 2. The predicted molar refractivity (Wildman–Crippen MR) is 108 cm³/mol. The van der Waals surface area contributed by atoms with E-state index in [-0.39, 0.29) is 11.5 Å². The van der Waals surface area contributed by atoms with E-state index in [2.05, 4.69) is 20.8 Å². The van der Waals surface area contributed by atoms with Crippen LogP contribution in [0.15, 0.2) is 54.6 Å². The number of ether oxygens (including phenoxy) is 1. The number of Topliss-reactive ketones (excluding diaryl/α,β-unsaturated/α-hetero) is 1. The first-order chi connectivity index (χ1) is 13.5. The van der Waals surface area contributed by atoms with Crippen molar-refractivity contribution in [3.05, 3.63) is 70.9 Å². The molecule has 0 unspecified atom stereocenters. The van der Waals surface area contributed by atoms with Gasteiger partial charge in [0.2, 0.25) is 0 Å². The smallest absolute Gasteiger partial charge is 0.276 e. The Bertz CT molecular complexity index is 1020. The number of carbonyl (C=O) groups is 2. The third-order valence-corrected chi connectivity index (χ3v) is 4.14.